The third-order valence-corrected chi connectivity index (χ3v) is 8.00. The van der Waals surface area contributed by atoms with Gasteiger partial charge in [-0.2, -0.15) is 0 Å². The van der Waals surface area contributed by atoms with E-state index in [0.717, 1.165) is 88.9 Å². The molecular formula is C28H37N3O2. The van der Waals surface area contributed by atoms with Crippen LogP contribution in [0.3, 0.4) is 0 Å². The van der Waals surface area contributed by atoms with Crippen molar-refractivity contribution in [3.63, 3.8) is 0 Å². The first kappa shape index (κ1) is 22.4. The Morgan fingerprint density at radius 2 is 1.61 bits per heavy atom. The molecule has 1 saturated carbocycles. The zero-order valence-electron chi connectivity index (χ0n) is 19.9. The van der Waals surface area contributed by atoms with Crippen molar-refractivity contribution in [1.82, 2.24) is 4.90 Å². The maximum atomic E-state index is 13.5. The highest BCUT2D eigenvalue weighted by Crippen LogP contribution is 2.39. The molecule has 2 saturated heterocycles. The zero-order valence-corrected chi connectivity index (χ0v) is 19.9. The highest BCUT2D eigenvalue weighted by Gasteiger charge is 2.34. The van der Waals surface area contributed by atoms with E-state index in [2.05, 4.69) is 41.1 Å². The molecule has 0 spiro atoms. The van der Waals surface area contributed by atoms with Crippen molar-refractivity contribution in [3.8, 4) is 0 Å². The summed E-state index contributed by atoms with van der Waals surface area (Å²) in [5.74, 6) is 0.257. The van der Waals surface area contributed by atoms with Crippen LogP contribution in [0.5, 0.6) is 0 Å². The summed E-state index contributed by atoms with van der Waals surface area (Å²) in [6, 6.07) is 16.8. The molecule has 1 unspecified atom stereocenters. The van der Waals surface area contributed by atoms with E-state index in [-0.39, 0.29) is 11.8 Å². The fourth-order valence-electron chi connectivity index (χ4n) is 5.90. The molecule has 33 heavy (non-hydrogen) atoms. The summed E-state index contributed by atoms with van der Waals surface area (Å²) in [5.41, 5.74) is 3.86. The van der Waals surface area contributed by atoms with Crippen LogP contribution < -0.4 is 9.80 Å². The van der Waals surface area contributed by atoms with E-state index in [0.29, 0.717) is 0 Å². The molecular weight excluding hydrogens is 410 g/mol. The Bertz CT molecular complexity index is 959. The van der Waals surface area contributed by atoms with Gasteiger partial charge in [-0.1, -0.05) is 43.2 Å². The van der Waals surface area contributed by atoms with Gasteiger partial charge in [-0.05, 0) is 68.5 Å². The molecule has 2 heterocycles. The number of benzene rings is 2. The number of likely N-dealkylation sites (N-methyl/N-ethyl adjacent to an activating group) is 1. The van der Waals surface area contributed by atoms with Crippen LogP contribution in [0.4, 0.5) is 11.4 Å². The van der Waals surface area contributed by atoms with Crippen LogP contribution >= 0.6 is 0 Å². The van der Waals surface area contributed by atoms with E-state index < -0.39 is 5.60 Å². The lowest BCUT2D eigenvalue weighted by Gasteiger charge is -2.36. The first-order valence-corrected chi connectivity index (χ1v) is 12.7. The Kier molecular flexibility index (Phi) is 6.44. The molecule has 1 aliphatic carbocycles. The molecule has 1 N–H and O–H groups in total. The number of piperazine rings is 1. The Labute approximate surface area is 198 Å². The van der Waals surface area contributed by atoms with Gasteiger partial charge in [-0.3, -0.25) is 4.79 Å². The molecule has 3 fully saturated rings. The predicted molar refractivity (Wildman–Crippen MR) is 134 cm³/mol. The van der Waals surface area contributed by atoms with Gasteiger partial charge in [0.05, 0.1) is 5.60 Å². The minimum Gasteiger partial charge on any atom is -0.385 e. The third-order valence-electron chi connectivity index (χ3n) is 8.00. The van der Waals surface area contributed by atoms with E-state index in [1.54, 1.807) is 0 Å². The van der Waals surface area contributed by atoms with E-state index in [1.807, 2.05) is 29.2 Å². The number of anilines is 2. The van der Waals surface area contributed by atoms with Crippen molar-refractivity contribution < 1.29 is 9.90 Å². The maximum absolute atomic E-state index is 13.5. The molecule has 2 aromatic carbocycles. The number of carbonyl (C=O) groups excluding carboxylic acids is 1. The second-order valence-corrected chi connectivity index (χ2v) is 10.2. The largest absolute Gasteiger partial charge is 0.385 e. The van der Waals surface area contributed by atoms with E-state index in [1.165, 1.54) is 11.3 Å². The monoisotopic (exact) mass is 447 g/mol. The van der Waals surface area contributed by atoms with Crippen LogP contribution in [0.2, 0.25) is 0 Å². The molecule has 5 nitrogen and oxygen atoms in total. The van der Waals surface area contributed by atoms with Gasteiger partial charge in [-0.15, -0.1) is 0 Å². The first-order valence-electron chi connectivity index (χ1n) is 12.7. The van der Waals surface area contributed by atoms with Crippen LogP contribution in [0.1, 0.15) is 49.7 Å². The van der Waals surface area contributed by atoms with Gasteiger partial charge in [0.2, 0.25) is 5.91 Å². The third kappa shape index (κ3) is 4.67. The summed E-state index contributed by atoms with van der Waals surface area (Å²) < 4.78 is 0. The number of hydrogen-bond donors (Lipinski definition) is 1. The number of piperidine rings is 1. The zero-order chi connectivity index (χ0) is 22.8. The van der Waals surface area contributed by atoms with Gasteiger partial charge in [0.1, 0.15) is 0 Å². The lowest BCUT2D eigenvalue weighted by Crippen LogP contribution is -2.45. The molecule has 0 aromatic heterocycles. The van der Waals surface area contributed by atoms with E-state index in [9.17, 15) is 9.90 Å². The average Bonchev–Trinajstić information content (AvgIpc) is 3.29. The van der Waals surface area contributed by atoms with Crippen LogP contribution in [-0.2, 0) is 16.8 Å². The summed E-state index contributed by atoms with van der Waals surface area (Å²) >= 11 is 0. The van der Waals surface area contributed by atoms with Crippen molar-refractivity contribution in [1.29, 1.82) is 0 Å². The number of aliphatic hydroxyl groups is 1. The molecule has 1 amide bonds. The van der Waals surface area contributed by atoms with Gasteiger partial charge in [0, 0.05) is 50.0 Å². The minimum atomic E-state index is -0.681. The molecule has 0 radical (unpaired) electrons. The molecule has 3 aliphatic rings. The highest BCUT2D eigenvalue weighted by atomic mass is 16.3. The molecule has 5 heteroatoms. The van der Waals surface area contributed by atoms with Crippen LogP contribution in [0.25, 0.3) is 0 Å². The van der Waals surface area contributed by atoms with Crippen molar-refractivity contribution >= 4 is 17.3 Å². The van der Waals surface area contributed by atoms with Gasteiger partial charge in [0.25, 0.3) is 0 Å². The Hall–Kier alpha value is -2.37. The Balaban J connectivity index is 1.30. The molecule has 2 aliphatic heterocycles. The summed E-state index contributed by atoms with van der Waals surface area (Å²) in [5, 5.41) is 10.9. The second-order valence-electron chi connectivity index (χ2n) is 10.2. The fourth-order valence-corrected chi connectivity index (χ4v) is 5.90. The first-order chi connectivity index (χ1) is 16.0. The lowest BCUT2D eigenvalue weighted by molar-refractivity contribution is -0.123. The van der Waals surface area contributed by atoms with Gasteiger partial charge in [0.15, 0.2) is 0 Å². The standard InChI is InChI=1S/C28H37N3O2/c1-29-17-19-30(20-18-29)26-9-3-2-7-22(26)21-23-8-6-16-31(27(23)32)25-12-10-24(11-13-25)28(33)14-4-5-15-28/h2-3,7,9-13,23,33H,4-6,8,14-21H2,1H3. The average molecular weight is 448 g/mol. The Morgan fingerprint density at radius 3 is 2.33 bits per heavy atom. The number of nitrogens with zero attached hydrogens (tertiary/aromatic N) is 3. The number of rotatable bonds is 5. The number of amides is 1. The van der Waals surface area contributed by atoms with Crippen LogP contribution in [0, 0.1) is 5.92 Å². The summed E-state index contributed by atoms with van der Waals surface area (Å²) in [7, 11) is 2.18. The number of carbonyl (C=O) groups is 1. The number of para-hydroxylation sites is 1. The Morgan fingerprint density at radius 1 is 0.909 bits per heavy atom. The maximum Gasteiger partial charge on any atom is 0.230 e. The molecule has 0 bridgehead atoms. The number of hydrogen-bond acceptors (Lipinski definition) is 4. The fraction of sp³-hybridized carbons (Fsp3) is 0.536. The van der Waals surface area contributed by atoms with Crippen molar-refractivity contribution in [2.45, 2.75) is 50.5 Å². The summed E-state index contributed by atoms with van der Waals surface area (Å²) in [6.45, 7) is 5.01. The molecule has 5 rings (SSSR count). The normalized spacial score (nSPS) is 23.8. The van der Waals surface area contributed by atoms with Gasteiger partial charge >= 0.3 is 0 Å². The quantitative estimate of drug-likeness (QED) is 0.747. The minimum absolute atomic E-state index is 0.0195. The van der Waals surface area contributed by atoms with E-state index >= 15 is 0 Å². The van der Waals surface area contributed by atoms with Crippen molar-refractivity contribution in [3.05, 3.63) is 59.7 Å². The summed E-state index contributed by atoms with van der Waals surface area (Å²) in [6.07, 6.45) is 6.62. The van der Waals surface area contributed by atoms with Crippen LogP contribution in [-0.4, -0.2) is 55.7 Å². The van der Waals surface area contributed by atoms with Crippen LogP contribution in [0.15, 0.2) is 48.5 Å². The topological polar surface area (TPSA) is 47.0 Å². The molecule has 1 atom stereocenters. The predicted octanol–water partition coefficient (Wildman–Crippen LogP) is 4.19. The van der Waals surface area contributed by atoms with Gasteiger partial charge < -0.3 is 19.8 Å². The second kappa shape index (κ2) is 9.47. The lowest BCUT2D eigenvalue weighted by atomic mass is 9.88. The highest BCUT2D eigenvalue weighted by molar-refractivity contribution is 5.96. The molecule has 2 aromatic rings. The molecule has 176 valence electrons. The SMILES string of the molecule is CN1CCN(c2ccccc2CC2CCCN(c3ccc(C4(O)CCCC4)cc3)C2=O)CC1. The smallest absolute Gasteiger partial charge is 0.230 e. The van der Waals surface area contributed by atoms with Gasteiger partial charge in [-0.25, -0.2) is 0 Å². The summed E-state index contributed by atoms with van der Waals surface area (Å²) in [4.78, 5) is 20.3. The van der Waals surface area contributed by atoms with Crippen molar-refractivity contribution in [2.75, 3.05) is 49.6 Å². The van der Waals surface area contributed by atoms with Crippen molar-refractivity contribution in [2.24, 2.45) is 5.92 Å². The van der Waals surface area contributed by atoms with E-state index in [4.69, 9.17) is 0 Å².